The fourth-order valence-corrected chi connectivity index (χ4v) is 8.12. The molecule has 0 saturated carbocycles. The molecule has 0 aliphatic rings. The summed E-state index contributed by atoms with van der Waals surface area (Å²) in [4.78, 5) is 15.6. The number of fused-ring (bicyclic) bond motifs is 7. The second-order valence-electron chi connectivity index (χ2n) is 16.7. The summed E-state index contributed by atoms with van der Waals surface area (Å²) in [7, 11) is 0. The first kappa shape index (κ1) is 35.9. The number of rotatable bonds is 4. The molecule has 56 heavy (non-hydrogen) atoms. The van der Waals surface area contributed by atoms with Gasteiger partial charge in [0, 0.05) is 23.0 Å². The summed E-state index contributed by atoms with van der Waals surface area (Å²) in [6, 6.07) is 51.4. The standard InChI is InChI=1S/C50H41N5.Pt/c1-49(2,3)32-28-33(50(4,5)6)30-34(29-32)54-43-22-14-17-35(47(43)53-48(54)40-19-13-18-39-36-15-7-9-20-41(36)52-46(39)40)31-24-25-38-37-16-8-10-21-42(37)55(44(38)27-31)45-23-11-12-26-51-45;/h7-26,28-30H,1-6H3;/q-2;+2. The van der Waals surface area contributed by atoms with E-state index in [0.717, 1.165) is 83.3 Å². The number of aromatic nitrogens is 5. The molecule has 4 heterocycles. The number of pyridine rings is 1. The molecule has 0 fully saturated rings. The molecule has 0 amide bonds. The van der Waals surface area contributed by atoms with E-state index in [1.807, 2.05) is 18.3 Å². The van der Waals surface area contributed by atoms with Crippen LogP contribution in [0.3, 0.4) is 0 Å². The average molecular weight is 907 g/mol. The van der Waals surface area contributed by atoms with Gasteiger partial charge in [0.05, 0.1) is 11.0 Å². The Morgan fingerprint density at radius 3 is 1.98 bits per heavy atom. The summed E-state index contributed by atoms with van der Waals surface area (Å²) >= 11 is 0. The summed E-state index contributed by atoms with van der Waals surface area (Å²) in [5.74, 6) is 1.73. The fraction of sp³-hybridized carbons (Fsp3) is 0.160. The molecule has 0 radical (unpaired) electrons. The van der Waals surface area contributed by atoms with E-state index in [1.165, 1.54) is 16.5 Å². The second-order valence-corrected chi connectivity index (χ2v) is 16.7. The van der Waals surface area contributed by atoms with E-state index >= 15 is 0 Å². The largest absolute Gasteiger partial charge is 2.00 e. The maximum Gasteiger partial charge on any atom is 2.00 e. The van der Waals surface area contributed by atoms with Gasteiger partial charge in [-0.1, -0.05) is 137 Å². The molecule has 5 nitrogen and oxygen atoms in total. The molecule has 0 saturated heterocycles. The summed E-state index contributed by atoms with van der Waals surface area (Å²) in [5, 5.41) is 4.59. The van der Waals surface area contributed by atoms with Crippen LogP contribution in [0.5, 0.6) is 0 Å². The van der Waals surface area contributed by atoms with Gasteiger partial charge >= 0.3 is 21.1 Å². The zero-order valence-corrected chi connectivity index (χ0v) is 34.6. The Kier molecular flexibility index (Phi) is 8.45. The zero-order chi connectivity index (χ0) is 37.6. The molecule has 0 atom stereocenters. The van der Waals surface area contributed by atoms with Crippen LogP contribution < -0.4 is 4.98 Å². The summed E-state index contributed by atoms with van der Waals surface area (Å²) in [6.07, 6.45) is 1.85. The van der Waals surface area contributed by atoms with Crippen molar-refractivity contribution in [3.8, 4) is 34.0 Å². The maximum absolute atomic E-state index is 5.63. The van der Waals surface area contributed by atoms with Crippen LogP contribution in [0.1, 0.15) is 52.7 Å². The van der Waals surface area contributed by atoms with Crippen molar-refractivity contribution in [3.63, 3.8) is 0 Å². The molecular weight excluding hydrogens is 866 g/mol. The van der Waals surface area contributed by atoms with Crippen LogP contribution in [0.15, 0.2) is 140 Å². The van der Waals surface area contributed by atoms with Gasteiger partial charge in [0.15, 0.2) is 0 Å². The van der Waals surface area contributed by atoms with Crippen LogP contribution in [-0.4, -0.2) is 19.1 Å². The van der Waals surface area contributed by atoms with Crippen LogP contribution in [0.4, 0.5) is 0 Å². The van der Waals surface area contributed by atoms with Crippen molar-refractivity contribution in [3.05, 3.63) is 157 Å². The number of hydrogen-bond donors (Lipinski definition) is 0. The van der Waals surface area contributed by atoms with Crippen LogP contribution in [-0.2, 0) is 31.9 Å². The minimum atomic E-state index is -0.0564. The van der Waals surface area contributed by atoms with Gasteiger partial charge in [0.1, 0.15) is 11.6 Å². The van der Waals surface area contributed by atoms with Crippen LogP contribution in [0.25, 0.3) is 88.7 Å². The molecule has 0 spiro atoms. The van der Waals surface area contributed by atoms with Crippen molar-refractivity contribution in [2.24, 2.45) is 0 Å². The monoisotopic (exact) mass is 906 g/mol. The van der Waals surface area contributed by atoms with E-state index in [9.17, 15) is 0 Å². The fourth-order valence-electron chi connectivity index (χ4n) is 8.12. The van der Waals surface area contributed by atoms with Crippen molar-refractivity contribution < 1.29 is 21.1 Å². The molecule has 0 N–H and O–H groups in total. The molecule has 0 bridgehead atoms. The number of nitrogens with zero attached hydrogens (tertiary/aromatic N) is 5. The minimum absolute atomic E-state index is 0. The van der Waals surface area contributed by atoms with Gasteiger partial charge < -0.3 is 9.55 Å². The number of hydrogen-bond acceptors (Lipinski definition) is 2. The van der Waals surface area contributed by atoms with Gasteiger partial charge in [-0.05, 0) is 80.0 Å². The van der Waals surface area contributed by atoms with Crippen molar-refractivity contribution >= 4 is 54.6 Å². The van der Waals surface area contributed by atoms with Gasteiger partial charge in [0.2, 0.25) is 0 Å². The van der Waals surface area contributed by atoms with E-state index in [4.69, 9.17) is 15.0 Å². The Bertz CT molecular complexity index is 3080. The van der Waals surface area contributed by atoms with Crippen molar-refractivity contribution in [2.75, 3.05) is 0 Å². The SMILES string of the molecule is CC(C)(C)c1cc(-n2c(-c3cccc4c3[n-]c3ccccc34)nc3c(-c4[c-]c5c(cc4)c4ccccc4n5-c4ccccn4)cccc32)cc(C(C)(C)C)c1.[Pt+2]. The van der Waals surface area contributed by atoms with E-state index in [-0.39, 0.29) is 31.9 Å². The summed E-state index contributed by atoms with van der Waals surface area (Å²) in [6.45, 7) is 13.7. The molecule has 0 unspecified atom stereocenters. The molecule has 6 aromatic carbocycles. The third-order valence-electron chi connectivity index (χ3n) is 11.0. The molecular formula is C50H41N5Pt. The van der Waals surface area contributed by atoms with Crippen molar-refractivity contribution in [1.82, 2.24) is 24.1 Å². The van der Waals surface area contributed by atoms with E-state index in [2.05, 4.69) is 178 Å². The minimum Gasteiger partial charge on any atom is -0.656 e. The average Bonchev–Trinajstić information content (AvgIpc) is 3.87. The molecule has 0 aliphatic heterocycles. The predicted octanol–water partition coefficient (Wildman–Crippen LogP) is 12.5. The molecule has 0 aliphatic carbocycles. The number of para-hydroxylation sites is 4. The van der Waals surface area contributed by atoms with Crippen molar-refractivity contribution in [2.45, 2.75) is 52.4 Å². The molecule has 6 heteroatoms. The normalized spacial score (nSPS) is 12.3. The van der Waals surface area contributed by atoms with Gasteiger partial charge in [-0.15, -0.1) is 34.8 Å². The van der Waals surface area contributed by atoms with Gasteiger partial charge in [-0.2, -0.15) is 0 Å². The van der Waals surface area contributed by atoms with E-state index in [1.54, 1.807) is 0 Å². The Balaban J connectivity index is 0.00000410. The first-order chi connectivity index (χ1) is 26.5. The zero-order valence-electron chi connectivity index (χ0n) is 32.3. The molecule has 10 aromatic rings. The third kappa shape index (κ3) is 5.71. The van der Waals surface area contributed by atoms with E-state index in [0.29, 0.717) is 0 Å². The predicted molar refractivity (Wildman–Crippen MR) is 229 cm³/mol. The number of benzene rings is 6. The van der Waals surface area contributed by atoms with Gasteiger partial charge in [0.25, 0.3) is 0 Å². The van der Waals surface area contributed by atoms with Gasteiger partial charge in [-0.3, -0.25) is 4.57 Å². The van der Waals surface area contributed by atoms with Gasteiger partial charge in [-0.25, -0.2) is 9.97 Å². The quantitative estimate of drug-likeness (QED) is 0.165. The Morgan fingerprint density at radius 1 is 0.571 bits per heavy atom. The Morgan fingerprint density at radius 2 is 1.23 bits per heavy atom. The first-order valence-electron chi connectivity index (χ1n) is 19.0. The Hall–Kier alpha value is -5.77. The third-order valence-corrected chi connectivity index (χ3v) is 11.0. The maximum atomic E-state index is 5.63. The summed E-state index contributed by atoms with van der Waals surface area (Å²) < 4.78 is 4.58. The number of imidazole rings is 1. The molecule has 10 rings (SSSR count). The Labute approximate surface area is 341 Å². The summed E-state index contributed by atoms with van der Waals surface area (Å²) in [5.41, 5.74) is 12.5. The topological polar surface area (TPSA) is 49.7 Å². The molecule has 4 aromatic heterocycles. The first-order valence-corrected chi connectivity index (χ1v) is 19.0. The smallest absolute Gasteiger partial charge is 0.656 e. The molecule has 276 valence electrons. The van der Waals surface area contributed by atoms with E-state index < -0.39 is 0 Å². The second kappa shape index (κ2) is 13.2. The van der Waals surface area contributed by atoms with Crippen molar-refractivity contribution in [1.29, 1.82) is 0 Å². The van der Waals surface area contributed by atoms with Crippen LogP contribution >= 0.6 is 0 Å². The van der Waals surface area contributed by atoms with Crippen LogP contribution in [0.2, 0.25) is 0 Å². The van der Waals surface area contributed by atoms with Crippen LogP contribution in [0, 0.1) is 6.07 Å².